The number of allylic oxidation sites excluding steroid dienone is 1. The van der Waals surface area contributed by atoms with Crippen LogP contribution < -0.4 is 29.1 Å². The number of benzene rings is 2. The number of aromatic nitrogens is 1. The third-order valence-corrected chi connectivity index (χ3v) is 7.50. The summed E-state index contributed by atoms with van der Waals surface area (Å²) >= 11 is 1.18. The summed E-state index contributed by atoms with van der Waals surface area (Å²) in [5, 5.41) is 0. The van der Waals surface area contributed by atoms with Gasteiger partial charge in [0.15, 0.2) is 29.5 Å². The quantitative estimate of drug-likeness (QED) is 0.203. The number of fused-ring (bicyclic) bond motifs is 1. The van der Waals surface area contributed by atoms with E-state index in [9.17, 15) is 19.2 Å². The zero-order valence-electron chi connectivity index (χ0n) is 25.6. The maximum atomic E-state index is 14.0. The summed E-state index contributed by atoms with van der Waals surface area (Å²) in [6.07, 6.45) is 1.72. The van der Waals surface area contributed by atoms with E-state index in [0.29, 0.717) is 50.0 Å². The molecule has 238 valence electrons. The molecule has 0 N–H and O–H groups in total. The summed E-state index contributed by atoms with van der Waals surface area (Å²) in [7, 11) is 1.26. The Morgan fingerprint density at radius 2 is 1.60 bits per heavy atom. The van der Waals surface area contributed by atoms with E-state index in [-0.39, 0.29) is 37.6 Å². The summed E-state index contributed by atoms with van der Waals surface area (Å²) in [4.78, 5) is 55.5. The molecule has 1 aromatic heterocycles. The molecule has 0 spiro atoms. The Morgan fingerprint density at radius 3 is 2.27 bits per heavy atom. The molecule has 1 aliphatic heterocycles. The summed E-state index contributed by atoms with van der Waals surface area (Å²) in [6.45, 7) is 7.08. The third kappa shape index (κ3) is 7.79. The summed E-state index contributed by atoms with van der Waals surface area (Å²) in [5.74, 6) is -0.529. The maximum Gasteiger partial charge on any atom is 0.344 e. The number of ether oxygens (including phenoxy) is 6. The molecule has 0 bridgehead atoms. The van der Waals surface area contributed by atoms with E-state index in [2.05, 4.69) is 9.73 Å². The van der Waals surface area contributed by atoms with E-state index >= 15 is 0 Å². The van der Waals surface area contributed by atoms with Gasteiger partial charge in [-0.2, -0.15) is 0 Å². The zero-order chi connectivity index (χ0) is 32.5. The minimum atomic E-state index is -0.880. The van der Waals surface area contributed by atoms with E-state index in [0.717, 1.165) is 0 Å². The Hall–Kier alpha value is -4.91. The van der Waals surface area contributed by atoms with Gasteiger partial charge >= 0.3 is 17.9 Å². The number of nitrogens with zero attached hydrogens (tertiary/aromatic N) is 2. The molecule has 0 saturated heterocycles. The molecule has 13 heteroatoms. The average molecular weight is 639 g/mol. The van der Waals surface area contributed by atoms with E-state index in [1.54, 1.807) is 76.2 Å². The molecule has 4 rings (SSSR count). The minimum absolute atomic E-state index is 0.136. The molecule has 0 fully saturated rings. The molecular weight excluding hydrogens is 604 g/mol. The molecule has 0 unspecified atom stereocenters. The van der Waals surface area contributed by atoms with Gasteiger partial charge in [0.2, 0.25) is 0 Å². The molecule has 1 aliphatic rings. The fraction of sp³-hybridized carbons (Fsp3) is 0.344. The van der Waals surface area contributed by atoms with Crippen molar-refractivity contribution in [1.29, 1.82) is 0 Å². The molecule has 0 saturated carbocycles. The van der Waals surface area contributed by atoms with Crippen molar-refractivity contribution >= 4 is 35.3 Å². The fourth-order valence-electron chi connectivity index (χ4n) is 4.54. The molecule has 2 heterocycles. The highest BCUT2D eigenvalue weighted by Gasteiger charge is 2.34. The first-order valence-electron chi connectivity index (χ1n) is 14.2. The highest BCUT2D eigenvalue weighted by atomic mass is 32.1. The van der Waals surface area contributed by atoms with Gasteiger partial charge in [0, 0.05) is 0 Å². The SMILES string of the molecule is CCOC(=O)COc1ccc(/C=c2\sc3n(c2=O)[C@H](c2ccc(OCC(=O)OC)c(OCC)c2)C(C(=O)OCC)=C(C)N=3)cc1. The molecule has 45 heavy (non-hydrogen) atoms. The normalized spacial score (nSPS) is 14.2. The lowest BCUT2D eigenvalue weighted by atomic mass is 9.95. The van der Waals surface area contributed by atoms with Gasteiger partial charge in [-0.05, 0) is 69.2 Å². The van der Waals surface area contributed by atoms with Crippen LogP contribution in [-0.4, -0.2) is 62.6 Å². The van der Waals surface area contributed by atoms with Crippen molar-refractivity contribution in [3.63, 3.8) is 0 Å². The second kappa shape index (κ2) is 15.2. The fourth-order valence-corrected chi connectivity index (χ4v) is 5.59. The van der Waals surface area contributed by atoms with E-state index < -0.39 is 23.9 Å². The lowest BCUT2D eigenvalue weighted by molar-refractivity contribution is -0.145. The van der Waals surface area contributed by atoms with Crippen LogP contribution in [0.15, 0.2) is 63.5 Å². The number of carbonyl (C=O) groups is 3. The van der Waals surface area contributed by atoms with Crippen molar-refractivity contribution in [3.8, 4) is 17.2 Å². The smallest absolute Gasteiger partial charge is 0.344 e. The minimum Gasteiger partial charge on any atom is -0.490 e. The van der Waals surface area contributed by atoms with Crippen molar-refractivity contribution in [3.05, 3.63) is 84.5 Å². The Balaban J connectivity index is 1.77. The lowest BCUT2D eigenvalue weighted by Crippen LogP contribution is -2.40. The number of thiazole rings is 1. The highest BCUT2D eigenvalue weighted by Crippen LogP contribution is 2.36. The molecule has 3 aromatic rings. The second-order valence-electron chi connectivity index (χ2n) is 9.47. The van der Waals surface area contributed by atoms with Gasteiger partial charge in [-0.25, -0.2) is 19.4 Å². The number of esters is 3. The number of hydrogen-bond donors (Lipinski definition) is 0. The molecule has 2 aromatic carbocycles. The van der Waals surface area contributed by atoms with Gasteiger partial charge in [-0.1, -0.05) is 29.5 Å². The Morgan fingerprint density at radius 1 is 0.889 bits per heavy atom. The van der Waals surface area contributed by atoms with Crippen LogP contribution in [0.4, 0.5) is 0 Å². The Labute approximate surface area is 263 Å². The van der Waals surface area contributed by atoms with Gasteiger partial charge in [0.1, 0.15) is 5.75 Å². The van der Waals surface area contributed by atoms with Crippen LogP contribution in [0.25, 0.3) is 6.08 Å². The van der Waals surface area contributed by atoms with Gasteiger partial charge < -0.3 is 28.4 Å². The lowest BCUT2D eigenvalue weighted by Gasteiger charge is -2.25. The molecule has 0 radical (unpaired) electrons. The first-order valence-corrected chi connectivity index (χ1v) is 15.1. The topological polar surface area (TPSA) is 141 Å². The van der Waals surface area contributed by atoms with Crippen LogP contribution in [-0.2, 0) is 28.6 Å². The highest BCUT2D eigenvalue weighted by molar-refractivity contribution is 7.07. The van der Waals surface area contributed by atoms with E-state index in [4.69, 9.17) is 23.7 Å². The van der Waals surface area contributed by atoms with Crippen LogP contribution in [0, 0.1) is 0 Å². The first-order chi connectivity index (χ1) is 21.7. The largest absolute Gasteiger partial charge is 0.490 e. The predicted octanol–water partition coefficient (Wildman–Crippen LogP) is 2.69. The van der Waals surface area contributed by atoms with Crippen LogP contribution in [0.1, 0.15) is 44.9 Å². The maximum absolute atomic E-state index is 14.0. The van der Waals surface area contributed by atoms with Gasteiger partial charge in [0.05, 0.1) is 48.8 Å². The molecule has 0 aliphatic carbocycles. The number of carbonyl (C=O) groups excluding carboxylic acids is 3. The van der Waals surface area contributed by atoms with Crippen molar-refractivity contribution in [2.24, 2.45) is 4.99 Å². The van der Waals surface area contributed by atoms with Crippen LogP contribution in [0.5, 0.6) is 17.2 Å². The van der Waals surface area contributed by atoms with E-state index in [1.807, 2.05) is 0 Å². The zero-order valence-corrected chi connectivity index (χ0v) is 26.4. The molecular formula is C32H34N2O10S. The molecule has 12 nitrogen and oxygen atoms in total. The van der Waals surface area contributed by atoms with Gasteiger partial charge in [0.25, 0.3) is 5.56 Å². The number of methoxy groups -OCH3 is 1. The van der Waals surface area contributed by atoms with Gasteiger partial charge in [-0.15, -0.1) is 0 Å². The van der Waals surface area contributed by atoms with Crippen molar-refractivity contribution in [1.82, 2.24) is 4.57 Å². The monoisotopic (exact) mass is 638 g/mol. The molecule has 1 atom stereocenters. The molecule has 0 amide bonds. The standard InChI is InChI=1S/C32H34N2O10S/c1-6-40-24-16-21(11-14-23(24)44-17-26(35)39-5)29-28(31(38)42-8-3)19(4)33-32-34(29)30(37)25(45-32)15-20-9-12-22(13-10-20)43-18-27(36)41-7-2/h9-16,29H,6-8,17-18H2,1-5H3/b25-15-/t29-/m1/s1. The first kappa shape index (κ1) is 33.0. The van der Waals surface area contributed by atoms with Crippen LogP contribution in [0.3, 0.4) is 0 Å². The number of rotatable bonds is 13. The Bertz CT molecular complexity index is 1770. The Kier molecular flexibility index (Phi) is 11.1. The number of hydrogen-bond acceptors (Lipinski definition) is 12. The van der Waals surface area contributed by atoms with Crippen LogP contribution in [0.2, 0.25) is 0 Å². The average Bonchev–Trinajstić information content (AvgIpc) is 3.33. The summed E-state index contributed by atoms with van der Waals surface area (Å²) in [6, 6.07) is 11.0. The van der Waals surface area contributed by atoms with Gasteiger partial charge in [-0.3, -0.25) is 9.36 Å². The summed E-state index contributed by atoms with van der Waals surface area (Å²) in [5.41, 5.74) is 1.54. The van der Waals surface area contributed by atoms with Crippen molar-refractivity contribution in [2.75, 3.05) is 40.1 Å². The van der Waals surface area contributed by atoms with E-state index in [1.165, 1.54) is 23.0 Å². The third-order valence-electron chi connectivity index (χ3n) is 6.51. The predicted molar refractivity (Wildman–Crippen MR) is 164 cm³/mol. The van der Waals surface area contributed by atoms with Crippen LogP contribution >= 0.6 is 11.3 Å². The van der Waals surface area contributed by atoms with Crippen molar-refractivity contribution in [2.45, 2.75) is 33.7 Å². The van der Waals surface area contributed by atoms with Crippen molar-refractivity contribution < 1.29 is 42.8 Å². The summed E-state index contributed by atoms with van der Waals surface area (Å²) < 4.78 is 33.6. The second-order valence-corrected chi connectivity index (χ2v) is 10.5.